The molecule has 2 heteroatoms. The highest BCUT2D eigenvalue weighted by atomic mass is 15.2. The Labute approximate surface area is 367 Å². The summed E-state index contributed by atoms with van der Waals surface area (Å²) in [6, 6.07) is 65.5. The fraction of sp³-hybridized carbons (Fsp3) is 0.167. The maximum Gasteiger partial charge on any atom is 0.0502 e. The molecule has 0 atom stereocenters. The van der Waals surface area contributed by atoms with Gasteiger partial charge in [-0.3, -0.25) is 0 Å². The molecule has 8 aromatic carbocycles. The van der Waals surface area contributed by atoms with Gasteiger partial charge in [0.1, 0.15) is 0 Å². The first kappa shape index (κ1) is 38.1. The highest BCUT2D eigenvalue weighted by Crippen LogP contribution is 2.56. The molecular weight excluding hydrogens is 749 g/mol. The van der Waals surface area contributed by atoms with Crippen LogP contribution in [0, 0.1) is 6.92 Å². The molecule has 0 saturated heterocycles. The first-order valence-corrected chi connectivity index (χ1v) is 22.1. The maximum absolute atomic E-state index is 2.51. The van der Waals surface area contributed by atoms with Gasteiger partial charge >= 0.3 is 0 Å². The van der Waals surface area contributed by atoms with E-state index in [0.717, 1.165) is 5.69 Å². The molecule has 0 unspecified atom stereocenters. The van der Waals surface area contributed by atoms with Gasteiger partial charge in [-0.05, 0) is 134 Å². The molecule has 0 amide bonds. The highest BCUT2D eigenvalue weighted by Gasteiger charge is 2.40. The number of rotatable bonds is 5. The molecule has 0 N–H and O–H groups in total. The van der Waals surface area contributed by atoms with Crippen molar-refractivity contribution in [3.8, 4) is 22.3 Å². The van der Waals surface area contributed by atoms with Crippen LogP contribution in [0.3, 0.4) is 0 Å². The molecule has 0 fully saturated rings. The van der Waals surface area contributed by atoms with Crippen molar-refractivity contribution in [2.75, 3.05) is 9.80 Å². The quantitative estimate of drug-likeness (QED) is 0.160. The van der Waals surface area contributed by atoms with Gasteiger partial charge in [0.05, 0.1) is 22.7 Å². The van der Waals surface area contributed by atoms with Crippen LogP contribution in [0.1, 0.15) is 91.6 Å². The molecule has 0 radical (unpaired) electrons. The Hall–Kier alpha value is -6.90. The summed E-state index contributed by atoms with van der Waals surface area (Å²) in [6.45, 7) is 16.5. The van der Waals surface area contributed by atoms with E-state index in [1.165, 1.54) is 101 Å². The van der Waals surface area contributed by atoms with Crippen LogP contribution in [0.4, 0.5) is 34.1 Å². The Bertz CT molecular complexity index is 3040. The number of nitrogens with zero attached hydrogens (tertiary/aromatic N) is 2. The minimum atomic E-state index is -0.166. The Morgan fingerprint density at radius 3 is 1.35 bits per heavy atom. The van der Waals surface area contributed by atoms with E-state index in [1.54, 1.807) is 0 Å². The largest absolute Gasteiger partial charge is 0.310 e. The van der Waals surface area contributed by atoms with Crippen LogP contribution >= 0.6 is 0 Å². The topological polar surface area (TPSA) is 6.48 Å². The third-order valence-electron chi connectivity index (χ3n) is 14.3. The molecule has 11 rings (SSSR count). The third kappa shape index (κ3) is 5.69. The molecule has 3 aliphatic rings. The van der Waals surface area contributed by atoms with Crippen LogP contribution in [0.2, 0.25) is 0 Å². The van der Waals surface area contributed by atoms with Gasteiger partial charge in [0.15, 0.2) is 0 Å². The number of fused-ring (bicyclic) bond motifs is 7. The normalized spacial score (nSPS) is 15.9. The second kappa shape index (κ2) is 13.8. The summed E-state index contributed by atoms with van der Waals surface area (Å²) in [7, 11) is 0. The second-order valence-electron chi connectivity index (χ2n) is 19.1. The SMILES string of the molecule is Cc1cc2c(cc1N1c3ccccc3C(C)(C)c3ccccc31)C(C)(C)c1cc(C=Cc3cccc(-c4cccc(N5c6ccccc6C(C)(C)c6ccccc65)c4)c3)ccc1-2. The number of para-hydroxylation sites is 4. The van der Waals surface area contributed by atoms with E-state index in [0.29, 0.717) is 0 Å². The zero-order chi connectivity index (χ0) is 42.5. The summed E-state index contributed by atoms with van der Waals surface area (Å²) in [5.74, 6) is 0. The van der Waals surface area contributed by atoms with E-state index in [9.17, 15) is 0 Å². The second-order valence-corrected chi connectivity index (χ2v) is 19.1. The number of hydrogen-bond donors (Lipinski definition) is 0. The lowest BCUT2D eigenvalue weighted by Crippen LogP contribution is -2.31. The first-order valence-electron chi connectivity index (χ1n) is 22.1. The van der Waals surface area contributed by atoms with Crippen LogP contribution in [0.25, 0.3) is 34.4 Å². The minimum Gasteiger partial charge on any atom is -0.310 e. The smallest absolute Gasteiger partial charge is 0.0502 e. The molecule has 8 aromatic rings. The van der Waals surface area contributed by atoms with E-state index in [2.05, 4.69) is 246 Å². The Morgan fingerprint density at radius 2 is 0.790 bits per heavy atom. The van der Waals surface area contributed by atoms with Gasteiger partial charge in [-0.25, -0.2) is 0 Å². The molecule has 2 heterocycles. The summed E-state index contributed by atoms with van der Waals surface area (Å²) in [4.78, 5) is 4.95. The highest BCUT2D eigenvalue weighted by molar-refractivity contribution is 5.92. The van der Waals surface area contributed by atoms with Gasteiger partial charge in [-0.2, -0.15) is 0 Å². The van der Waals surface area contributed by atoms with E-state index in [-0.39, 0.29) is 16.2 Å². The first-order chi connectivity index (χ1) is 29.9. The molecule has 0 spiro atoms. The average Bonchev–Trinajstić information content (AvgIpc) is 3.50. The lowest BCUT2D eigenvalue weighted by Gasteiger charge is -2.42. The Balaban J connectivity index is 0.904. The molecule has 0 bridgehead atoms. The molecule has 62 heavy (non-hydrogen) atoms. The molecular formula is C60H52N2. The number of anilines is 6. The van der Waals surface area contributed by atoms with Crippen molar-refractivity contribution < 1.29 is 0 Å². The number of hydrogen-bond acceptors (Lipinski definition) is 2. The third-order valence-corrected chi connectivity index (χ3v) is 14.3. The van der Waals surface area contributed by atoms with Crippen LogP contribution < -0.4 is 9.80 Å². The van der Waals surface area contributed by atoms with Gasteiger partial charge in [-0.1, -0.05) is 175 Å². The van der Waals surface area contributed by atoms with Crippen molar-refractivity contribution in [3.63, 3.8) is 0 Å². The minimum absolute atomic E-state index is 0.0884. The van der Waals surface area contributed by atoms with E-state index >= 15 is 0 Å². The zero-order valence-electron chi connectivity index (χ0n) is 36.8. The molecule has 0 aromatic heterocycles. The van der Waals surface area contributed by atoms with Gasteiger partial charge < -0.3 is 9.80 Å². The fourth-order valence-electron chi connectivity index (χ4n) is 11.0. The van der Waals surface area contributed by atoms with Gasteiger partial charge in [0, 0.05) is 27.6 Å². The molecule has 302 valence electrons. The molecule has 2 aliphatic heterocycles. The lowest BCUT2D eigenvalue weighted by molar-refractivity contribution is 0.631. The molecule has 2 nitrogen and oxygen atoms in total. The lowest BCUT2D eigenvalue weighted by atomic mass is 9.73. The average molecular weight is 801 g/mol. The number of benzene rings is 8. The van der Waals surface area contributed by atoms with Crippen LogP contribution in [0.15, 0.2) is 176 Å². The monoisotopic (exact) mass is 800 g/mol. The number of aryl methyl sites for hydroxylation is 1. The predicted molar refractivity (Wildman–Crippen MR) is 263 cm³/mol. The summed E-state index contributed by atoms with van der Waals surface area (Å²) in [5.41, 5.74) is 24.0. The van der Waals surface area contributed by atoms with E-state index in [4.69, 9.17) is 0 Å². The van der Waals surface area contributed by atoms with Crippen molar-refractivity contribution in [3.05, 3.63) is 226 Å². The fourth-order valence-corrected chi connectivity index (χ4v) is 11.0. The van der Waals surface area contributed by atoms with E-state index in [1.807, 2.05) is 0 Å². The standard InChI is InChI=1S/C60H52N2/c1-39-34-46-45-33-32-41(36-51(45)60(6,7)52(46)38-57(39)62-55-28-14-10-24-49(55)59(4,5)50-25-11-15-29-56(50)62)31-30-40-18-16-19-42(35-40)43-20-17-21-44(37-43)61-53-26-12-8-22-47(53)58(2,3)48-23-9-13-27-54(48)61/h8-38H,1-7H3. The van der Waals surface area contributed by atoms with Crippen molar-refractivity contribution in [1.82, 2.24) is 0 Å². The Kier molecular flexibility index (Phi) is 8.48. The summed E-state index contributed by atoms with van der Waals surface area (Å²) in [5, 5.41) is 0. The maximum atomic E-state index is 2.51. The van der Waals surface area contributed by atoms with Crippen LogP contribution in [-0.4, -0.2) is 0 Å². The van der Waals surface area contributed by atoms with Crippen molar-refractivity contribution in [2.24, 2.45) is 0 Å². The molecule has 0 saturated carbocycles. The van der Waals surface area contributed by atoms with Gasteiger partial charge in [-0.15, -0.1) is 0 Å². The van der Waals surface area contributed by atoms with Crippen molar-refractivity contribution in [2.45, 2.75) is 64.7 Å². The summed E-state index contributed by atoms with van der Waals surface area (Å²) >= 11 is 0. The van der Waals surface area contributed by atoms with Crippen molar-refractivity contribution >= 4 is 46.3 Å². The summed E-state index contributed by atoms with van der Waals surface area (Å²) < 4.78 is 0. The summed E-state index contributed by atoms with van der Waals surface area (Å²) in [6.07, 6.45) is 4.54. The van der Waals surface area contributed by atoms with Crippen LogP contribution in [-0.2, 0) is 16.2 Å². The van der Waals surface area contributed by atoms with Gasteiger partial charge in [0.25, 0.3) is 0 Å². The Morgan fingerprint density at radius 1 is 0.339 bits per heavy atom. The zero-order valence-corrected chi connectivity index (χ0v) is 36.8. The van der Waals surface area contributed by atoms with Crippen LogP contribution in [0.5, 0.6) is 0 Å². The molecule has 1 aliphatic carbocycles. The van der Waals surface area contributed by atoms with E-state index < -0.39 is 0 Å². The van der Waals surface area contributed by atoms with Crippen molar-refractivity contribution in [1.29, 1.82) is 0 Å². The van der Waals surface area contributed by atoms with Gasteiger partial charge in [0.2, 0.25) is 0 Å². The predicted octanol–water partition coefficient (Wildman–Crippen LogP) is 16.4.